The van der Waals surface area contributed by atoms with E-state index in [1.165, 1.54) is 0 Å². The van der Waals surface area contributed by atoms with E-state index in [9.17, 15) is 0 Å². The Labute approximate surface area is 51.2 Å². The number of H-pyrrole nitrogens is 1. The molecule has 0 aliphatic heterocycles. The maximum absolute atomic E-state index is 3.89. The third kappa shape index (κ3) is 0.561. The average Bonchev–Trinajstić information content (AvgIpc) is 2.33. The maximum atomic E-state index is 3.89. The predicted molar refractivity (Wildman–Crippen MR) is 29.5 cm³/mol. The number of hydrogen-bond acceptors (Lipinski definition) is 2. The zero-order valence-corrected chi connectivity index (χ0v) is 4.65. The molecule has 0 fully saturated rings. The lowest BCUT2D eigenvalue weighted by Crippen LogP contribution is -2.16. The first-order valence-corrected chi connectivity index (χ1v) is 2.61. The maximum Gasteiger partial charge on any atom is 0.280 e. The van der Waals surface area contributed by atoms with Crippen molar-refractivity contribution in [3.8, 4) is 0 Å². The van der Waals surface area contributed by atoms with E-state index in [0.29, 0.717) is 0 Å². The molecule has 2 aromatic heterocycles. The van der Waals surface area contributed by atoms with Gasteiger partial charge in [-0.05, 0) is 0 Å². The molecule has 2 heterocycles. The summed E-state index contributed by atoms with van der Waals surface area (Å²) in [7, 11) is 0. The van der Waals surface area contributed by atoms with Gasteiger partial charge in [0.05, 0.1) is 12.4 Å². The Balaban J connectivity index is 2.95. The summed E-state index contributed by atoms with van der Waals surface area (Å²) in [6, 6.07) is 0. The molecule has 9 heavy (non-hydrogen) atoms. The van der Waals surface area contributed by atoms with Crippen LogP contribution in [0.3, 0.4) is 0 Å². The lowest BCUT2D eigenvalue weighted by atomic mass is 10.7. The zero-order valence-electron chi connectivity index (χ0n) is 4.65. The second kappa shape index (κ2) is 1.51. The van der Waals surface area contributed by atoms with Gasteiger partial charge in [-0.15, -0.1) is 5.10 Å². The van der Waals surface area contributed by atoms with Crippen molar-refractivity contribution in [1.29, 1.82) is 0 Å². The Hall–Kier alpha value is -1.45. The second-order valence-corrected chi connectivity index (χ2v) is 1.73. The van der Waals surface area contributed by atoms with Gasteiger partial charge < -0.3 is 0 Å². The van der Waals surface area contributed by atoms with Crippen LogP contribution in [0.1, 0.15) is 0 Å². The Kier molecular flexibility index (Phi) is 0.745. The molecule has 0 saturated heterocycles. The minimum absolute atomic E-state index is 0.900. The van der Waals surface area contributed by atoms with Gasteiger partial charge in [-0.25, -0.2) is 4.40 Å². The molecule has 0 aromatic carbocycles. The summed E-state index contributed by atoms with van der Waals surface area (Å²) in [6.07, 6.45) is 6.95. The van der Waals surface area contributed by atoms with Gasteiger partial charge in [-0.2, -0.15) is 0 Å². The number of rotatable bonds is 0. The highest BCUT2D eigenvalue weighted by molar-refractivity contribution is 5.19. The molecule has 0 saturated carbocycles. The lowest BCUT2D eigenvalue weighted by molar-refractivity contribution is -0.512. The van der Waals surface area contributed by atoms with Gasteiger partial charge in [0.2, 0.25) is 0 Å². The van der Waals surface area contributed by atoms with Crippen LogP contribution in [0.4, 0.5) is 0 Å². The third-order valence-corrected chi connectivity index (χ3v) is 1.15. The summed E-state index contributed by atoms with van der Waals surface area (Å²) >= 11 is 0. The van der Waals surface area contributed by atoms with Gasteiger partial charge in [0.15, 0.2) is 0 Å². The molecule has 0 atom stereocenters. The predicted octanol–water partition coefficient (Wildman–Crippen LogP) is -0.457. The Morgan fingerprint density at radius 1 is 1.56 bits per heavy atom. The fourth-order valence-corrected chi connectivity index (χ4v) is 0.715. The monoisotopic (exact) mass is 121 g/mol. The van der Waals surface area contributed by atoms with Crippen LogP contribution in [0.5, 0.6) is 0 Å². The van der Waals surface area contributed by atoms with Crippen molar-refractivity contribution < 1.29 is 4.40 Å². The van der Waals surface area contributed by atoms with Crippen molar-refractivity contribution in [2.75, 3.05) is 0 Å². The highest BCUT2D eigenvalue weighted by Crippen LogP contribution is 1.80. The molecule has 0 unspecified atom stereocenters. The van der Waals surface area contributed by atoms with Crippen LogP contribution in [0.2, 0.25) is 0 Å². The van der Waals surface area contributed by atoms with Crippen LogP contribution in [0.15, 0.2) is 24.9 Å². The largest absolute Gasteiger partial charge is 0.280 e. The number of aromatic amines is 1. The van der Waals surface area contributed by atoms with Crippen LogP contribution >= 0.6 is 0 Å². The summed E-state index contributed by atoms with van der Waals surface area (Å²) in [4.78, 5) is 3.89. The van der Waals surface area contributed by atoms with Crippen LogP contribution in [-0.2, 0) is 0 Å². The minimum atomic E-state index is 0.900. The van der Waals surface area contributed by atoms with E-state index >= 15 is 0 Å². The lowest BCUT2D eigenvalue weighted by Gasteiger charge is -1.77. The smallest absolute Gasteiger partial charge is 0.255 e. The second-order valence-electron chi connectivity index (χ2n) is 1.73. The van der Waals surface area contributed by atoms with Crippen molar-refractivity contribution in [1.82, 2.24) is 15.2 Å². The van der Waals surface area contributed by atoms with Crippen molar-refractivity contribution in [2.24, 2.45) is 0 Å². The van der Waals surface area contributed by atoms with E-state index in [4.69, 9.17) is 0 Å². The Morgan fingerprint density at radius 2 is 2.56 bits per heavy atom. The van der Waals surface area contributed by atoms with Gasteiger partial charge >= 0.3 is 0 Å². The fraction of sp³-hybridized carbons (Fsp3) is 0. The molecule has 0 aliphatic rings. The molecule has 2 rings (SSSR count). The van der Waals surface area contributed by atoms with E-state index in [2.05, 4.69) is 15.2 Å². The van der Waals surface area contributed by atoms with Crippen molar-refractivity contribution >= 4 is 5.65 Å². The number of aromatic nitrogens is 4. The Morgan fingerprint density at radius 3 is 3.44 bits per heavy atom. The van der Waals surface area contributed by atoms with Crippen molar-refractivity contribution in [3.05, 3.63) is 24.9 Å². The normalized spacial score (nSPS) is 10.2. The summed E-state index contributed by atoms with van der Waals surface area (Å²) in [6.45, 7) is 0. The van der Waals surface area contributed by atoms with E-state index in [-0.39, 0.29) is 0 Å². The number of nitrogens with one attached hydrogen (secondary N) is 1. The summed E-state index contributed by atoms with van der Waals surface area (Å²) < 4.78 is 1.85. The molecule has 0 amide bonds. The van der Waals surface area contributed by atoms with Crippen LogP contribution in [0.25, 0.3) is 5.65 Å². The molecule has 1 N–H and O–H groups in total. The standard InChI is InChI=1S/C5H4N4/c1-2-9-4-7-8-5(9)3-6-1/h1-4H/p+1. The van der Waals surface area contributed by atoms with Gasteiger partial charge in [-0.1, -0.05) is 0 Å². The van der Waals surface area contributed by atoms with E-state index in [0.717, 1.165) is 5.65 Å². The van der Waals surface area contributed by atoms with Crippen LogP contribution < -0.4 is 4.40 Å². The zero-order chi connectivity index (χ0) is 6.10. The summed E-state index contributed by atoms with van der Waals surface area (Å²) in [5, 5.41) is 6.57. The minimum Gasteiger partial charge on any atom is -0.255 e. The quantitative estimate of drug-likeness (QED) is 0.479. The molecular weight excluding hydrogens is 116 g/mol. The molecule has 2 aromatic rings. The van der Waals surface area contributed by atoms with Gasteiger partial charge in [0.25, 0.3) is 12.0 Å². The average molecular weight is 121 g/mol. The molecule has 0 spiro atoms. The van der Waals surface area contributed by atoms with Crippen molar-refractivity contribution in [3.63, 3.8) is 0 Å². The molecule has 4 nitrogen and oxygen atoms in total. The molecule has 4 heteroatoms. The van der Waals surface area contributed by atoms with Gasteiger partial charge in [0.1, 0.15) is 6.20 Å². The summed E-state index contributed by atoms with van der Waals surface area (Å²) in [5.74, 6) is 0. The number of fused-ring (bicyclic) bond motifs is 1. The highest BCUT2D eigenvalue weighted by atomic mass is 15.2. The van der Waals surface area contributed by atoms with Gasteiger partial charge in [0, 0.05) is 5.10 Å². The molecule has 0 bridgehead atoms. The molecule has 44 valence electrons. The van der Waals surface area contributed by atoms with Crippen LogP contribution in [0, 0.1) is 0 Å². The van der Waals surface area contributed by atoms with E-state index < -0.39 is 0 Å². The fourth-order valence-electron chi connectivity index (χ4n) is 0.715. The molecule has 0 radical (unpaired) electrons. The van der Waals surface area contributed by atoms with Crippen molar-refractivity contribution in [2.45, 2.75) is 0 Å². The first-order chi connectivity index (χ1) is 4.47. The van der Waals surface area contributed by atoms with E-state index in [1.54, 1.807) is 18.7 Å². The molecular formula is C5H5N4+. The van der Waals surface area contributed by atoms with E-state index in [1.807, 2.05) is 10.6 Å². The highest BCUT2D eigenvalue weighted by Gasteiger charge is 1.96. The van der Waals surface area contributed by atoms with Crippen LogP contribution in [-0.4, -0.2) is 15.2 Å². The molecule has 0 aliphatic carbocycles. The Bertz CT molecular complexity index is 283. The number of hydrogen-bond donors (Lipinski definition) is 1. The summed E-state index contributed by atoms with van der Waals surface area (Å²) in [5.41, 5.74) is 0.900. The SMILES string of the molecule is c1c[n+]2cn[nH]c2cn1. The first-order valence-electron chi connectivity index (χ1n) is 2.61. The topological polar surface area (TPSA) is 45.7 Å². The van der Waals surface area contributed by atoms with Gasteiger partial charge in [-0.3, -0.25) is 4.98 Å². The number of nitrogens with zero attached hydrogens (tertiary/aromatic N) is 3. The first kappa shape index (κ1) is 4.43. The third-order valence-electron chi connectivity index (χ3n) is 1.15.